The minimum Gasteiger partial charge on any atom is -0.303 e. The number of aryl methyl sites for hydroxylation is 2. The smallest absolute Gasteiger partial charge is 0.303 e. The molecule has 0 radical (unpaired) electrons. The number of imide groups is 1. The third kappa shape index (κ3) is 3.30. The highest BCUT2D eigenvalue weighted by atomic mass is 19.1. The van der Waals surface area contributed by atoms with Crippen LogP contribution in [0.3, 0.4) is 0 Å². The maximum atomic E-state index is 13.3. The molecule has 1 fully saturated rings. The Hall–Kier alpha value is -3.16. The molecule has 0 atom stereocenters. The van der Waals surface area contributed by atoms with Gasteiger partial charge in [0.1, 0.15) is 11.5 Å². The second-order valence-electron chi connectivity index (χ2n) is 6.13. The second kappa shape index (κ2) is 6.99. The summed E-state index contributed by atoms with van der Waals surface area (Å²) < 4.78 is 14.6. The van der Waals surface area contributed by atoms with Crippen LogP contribution in [-0.2, 0) is 24.8 Å². The lowest BCUT2D eigenvalue weighted by Crippen LogP contribution is -2.30. The van der Waals surface area contributed by atoms with Crippen LogP contribution in [0.4, 0.5) is 9.18 Å². The number of carbonyl (C=O) groups is 2. The predicted molar refractivity (Wildman–Crippen MR) is 93.5 cm³/mol. The van der Waals surface area contributed by atoms with Gasteiger partial charge in [-0.15, -0.1) is 0 Å². The Kier molecular flexibility index (Phi) is 4.75. The van der Waals surface area contributed by atoms with Gasteiger partial charge in [-0.3, -0.25) is 24.3 Å². The van der Waals surface area contributed by atoms with Crippen LogP contribution in [0.2, 0.25) is 0 Å². The Morgan fingerprint density at radius 3 is 2.69 bits per heavy atom. The number of amides is 3. The van der Waals surface area contributed by atoms with Crippen molar-refractivity contribution in [1.82, 2.24) is 20.0 Å². The molecule has 0 unspecified atom stereocenters. The highest BCUT2D eigenvalue weighted by molar-refractivity contribution is 6.13. The van der Waals surface area contributed by atoms with Gasteiger partial charge in [0.15, 0.2) is 0 Å². The number of hydrogen-bond acceptors (Lipinski definition) is 3. The lowest BCUT2D eigenvalue weighted by atomic mass is 10.1. The zero-order valence-corrected chi connectivity index (χ0v) is 14.5. The number of aromatic nitrogens is 2. The Labute approximate surface area is 149 Å². The summed E-state index contributed by atoms with van der Waals surface area (Å²) in [5.74, 6) is -0.990. The van der Waals surface area contributed by atoms with Gasteiger partial charge in [-0.1, -0.05) is 25.5 Å². The first kappa shape index (κ1) is 17.7. The normalized spacial score (nSPS) is 15.8. The summed E-state index contributed by atoms with van der Waals surface area (Å²) in [7, 11) is 1.59. The number of carbonyl (C=O) groups excluding carboxylic acids is 2. The highest BCUT2D eigenvalue weighted by Crippen LogP contribution is 2.18. The van der Waals surface area contributed by atoms with Crippen molar-refractivity contribution in [3.05, 3.63) is 63.0 Å². The molecule has 3 amide bonds. The molecule has 0 spiro atoms. The van der Waals surface area contributed by atoms with Crippen molar-refractivity contribution in [3.63, 3.8) is 0 Å². The number of H-pyrrole nitrogens is 1. The minimum absolute atomic E-state index is 0.0282. The zero-order valence-electron chi connectivity index (χ0n) is 14.5. The molecule has 0 saturated carbocycles. The first-order valence-electron chi connectivity index (χ1n) is 8.27. The highest BCUT2D eigenvalue weighted by Gasteiger charge is 2.34. The van der Waals surface area contributed by atoms with E-state index in [4.69, 9.17) is 0 Å². The van der Waals surface area contributed by atoms with E-state index in [2.05, 4.69) is 10.4 Å². The average Bonchev–Trinajstić information content (AvgIpc) is 3.00. The fourth-order valence-corrected chi connectivity index (χ4v) is 2.89. The van der Waals surface area contributed by atoms with E-state index in [1.54, 1.807) is 13.1 Å². The molecule has 2 aromatic rings. The Balaban J connectivity index is 1.89. The maximum Gasteiger partial charge on any atom is 0.329 e. The fraction of sp³-hybridized carbons (Fsp3) is 0.278. The quantitative estimate of drug-likeness (QED) is 0.632. The molecule has 26 heavy (non-hydrogen) atoms. The van der Waals surface area contributed by atoms with E-state index in [0.717, 1.165) is 11.3 Å². The van der Waals surface area contributed by atoms with Gasteiger partial charge in [0, 0.05) is 12.7 Å². The molecule has 1 aromatic heterocycles. The van der Waals surface area contributed by atoms with Gasteiger partial charge in [0.25, 0.3) is 11.5 Å². The van der Waals surface area contributed by atoms with Gasteiger partial charge >= 0.3 is 6.03 Å². The van der Waals surface area contributed by atoms with Crippen LogP contribution in [0.5, 0.6) is 0 Å². The fourth-order valence-electron chi connectivity index (χ4n) is 2.89. The van der Waals surface area contributed by atoms with Crippen LogP contribution in [0.1, 0.15) is 30.2 Å². The monoisotopic (exact) mass is 358 g/mol. The van der Waals surface area contributed by atoms with Crippen LogP contribution in [-0.4, -0.2) is 26.6 Å². The van der Waals surface area contributed by atoms with Gasteiger partial charge in [0.05, 0.1) is 12.1 Å². The van der Waals surface area contributed by atoms with Crippen molar-refractivity contribution in [2.75, 3.05) is 0 Å². The summed E-state index contributed by atoms with van der Waals surface area (Å²) in [6, 6.07) is 5.10. The Morgan fingerprint density at radius 1 is 1.23 bits per heavy atom. The number of halogens is 1. The molecule has 2 heterocycles. The molecule has 136 valence electrons. The van der Waals surface area contributed by atoms with Gasteiger partial charge < -0.3 is 5.32 Å². The lowest BCUT2D eigenvalue weighted by molar-refractivity contribution is -0.123. The molecule has 8 heteroatoms. The van der Waals surface area contributed by atoms with Crippen LogP contribution >= 0.6 is 0 Å². The van der Waals surface area contributed by atoms with E-state index >= 15 is 0 Å². The number of benzene rings is 1. The van der Waals surface area contributed by atoms with Crippen LogP contribution in [0.15, 0.2) is 34.8 Å². The Morgan fingerprint density at radius 2 is 2.00 bits per heavy atom. The van der Waals surface area contributed by atoms with E-state index in [1.165, 1.54) is 29.0 Å². The Bertz CT molecular complexity index is 958. The average molecular weight is 358 g/mol. The number of hydrogen-bond donors (Lipinski definition) is 2. The van der Waals surface area contributed by atoms with Crippen molar-refractivity contribution >= 4 is 18.0 Å². The van der Waals surface area contributed by atoms with E-state index in [9.17, 15) is 18.8 Å². The minimum atomic E-state index is -0.602. The summed E-state index contributed by atoms with van der Waals surface area (Å²) in [6.07, 6.45) is 2.86. The van der Waals surface area contributed by atoms with Gasteiger partial charge in [-0.25, -0.2) is 9.18 Å². The number of nitrogens with one attached hydrogen (secondary N) is 2. The third-order valence-electron chi connectivity index (χ3n) is 4.14. The number of aromatic amines is 1. The summed E-state index contributed by atoms with van der Waals surface area (Å²) >= 11 is 0. The predicted octanol–water partition coefficient (Wildman–Crippen LogP) is 1.90. The first-order valence-corrected chi connectivity index (χ1v) is 8.27. The summed E-state index contributed by atoms with van der Waals surface area (Å²) in [5.41, 5.74) is 1.31. The van der Waals surface area contributed by atoms with E-state index < -0.39 is 17.8 Å². The van der Waals surface area contributed by atoms with E-state index in [-0.39, 0.29) is 17.8 Å². The van der Waals surface area contributed by atoms with Crippen molar-refractivity contribution in [3.8, 4) is 0 Å². The van der Waals surface area contributed by atoms with E-state index in [1.807, 2.05) is 6.92 Å². The second-order valence-corrected chi connectivity index (χ2v) is 6.13. The van der Waals surface area contributed by atoms with Crippen LogP contribution in [0.25, 0.3) is 6.08 Å². The maximum absolute atomic E-state index is 13.3. The molecular formula is C18H19FN4O3. The standard InChI is InChI=1S/C18H19FN4O3/c1-3-5-14-13(16(24)22(2)21-14)9-15-17(25)23(18(26)20-15)10-11-6-4-7-12(19)8-11/h4,6-9,21H,3,5,10H2,1-2H3,(H,20,26)/b15-9-. The summed E-state index contributed by atoms with van der Waals surface area (Å²) in [6.45, 7) is 1.93. The van der Waals surface area contributed by atoms with E-state index in [0.29, 0.717) is 23.2 Å². The summed E-state index contributed by atoms with van der Waals surface area (Å²) in [4.78, 5) is 37.9. The summed E-state index contributed by atoms with van der Waals surface area (Å²) in [5, 5.41) is 5.44. The molecule has 1 aliphatic rings. The first-order chi connectivity index (χ1) is 12.4. The van der Waals surface area contributed by atoms with Gasteiger partial charge in [-0.05, 0) is 30.2 Å². The third-order valence-corrected chi connectivity index (χ3v) is 4.14. The molecule has 3 rings (SSSR count). The topological polar surface area (TPSA) is 87.2 Å². The molecule has 7 nitrogen and oxygen atoms in total. The largest absolute Gasteiger partial charge is 0.329 e. The molecule has 0 bridgehead atoms. The van der Waals surface area contributed by atoms with Crippen molar-refractivity contribution in [2.45, 2.75) is 26.3 Å². The number of urea groups is 1. The van der Waals surface area contributed by atoms with Crippen molar-refractivity contribution in [1.29, 1.82) is 0 Å². The molecular weight excluding hydrogens is 339 g/mol. The lowest BCUT2D eigenvalue weighted by Gasteiger charge is -2.11. The number of rotatable bonds is 5. The molecule has 1 aliphatic heterocycles. The molecule has 1 saturated heterocycles. The van der Waals surface area contributed by atoms with Crippen molar-refractivity contribution in [2.24, 2.45) is 7.05 Å². The van der Waals surface area contributed by atoms with Crippen LogP contribution in [0, 0.1) is 5.82 Å². The molecule has 0 aliphatic carbocycles. The SMILES string of the molecule is CCCc1[nH]n(C)c(=O)c1/C=C1\NC(=O)N(Cc2cccc(F)c2)C1=O. The zero-order chi connectivity index (χ0) is 18.8. The van der Waals surface area contributed by atoms with Gasteiger partial charge in [0.2, 0.25) is 0 Å². The molecule has 2 N–H and O–H groups in total. The van der Waals surface area contributed by atoms with Gasteiger partial charge in [-0.2, -0.15) is 0 Å². The number of nitrogens with zero attached hydrogens (tertiary/aromatic N) is 2. The van der Waals surface area contributed by atoms with Crippen LogP contribution < -0.4 is 10.9 Å². The van der Waals surface area contributed by atoms with Crippen molar-refractivity contribution < 1.29 is 14.0 Å². The molecule has 1 aromatic carbocycles.